The molecule has 1 aliphatic rings. The van der Waals surface area contributed by atoms with Gasteiger partial charge in [-0.1, -0.05) is 30.3 Å². The van der Waals surface area contributed by atoms with E-state index in [2.05, 4.69) is 61.6 Å². The van der Waals surface area contributed by atoms with Crippen molar-refractivity contribution in [1.82, 2.24) is 19.9 Å². The maximum absolute atomic E-state index is 5.89. The van der Waals surface area contributed by atoms with Crippen LogP contribution in [0.2, 0.25) is 0 Å². The maximum Gasteiger partial charge on any atom is 0.143 e. The van der Waals surface area contributed by atoms with E-state index in [4.69, 9.17) is 9.47 Å². The number of H-pyrrole nitrogens is 1. The van der Waals surface area contributed by atoms with E-state index in [1.54, 1.807) is 13.4 Å². The van der Waals surface area contributed by atoms with E-state index in [0.29, 0.717) is 18.6 Å². The number of nitrogens with zero attached hydrogens (tertiary/aromatic N) is 3. The van der Waals surface area contributed by atoms with Crippen LogP contribution in [0.5, 0.6) is 5.75 Å². The van der Waals surface area contributed by atoms with Crippen LogP contribution in [0.4, 0.5) is 5.82 Å². The Hall–Kier alpha value is -3.42. The summed E-state index contributed by atoms with van der Waals surface area (Å²) in [6.07, 6.45) is 4.25. The lowest BCUT2D eigenvalue weighted by Gasteiger charge is -2.35. The van der Waals surface area contributed by atoms with Gasteiger partial charge in [-0.15, -0.1) is 0 Å². The molecule has 35 heavy (non-hydrogen) atoms. The molecule has 2 N–H and O–H groups in total. The minimum atomic E-state index is 0.327. The number of aromatic nitrogens is 3. The Morgan fingerprint density at radius 1 is 1.00 bits per heavy atom. The topological polar surface area (TPSA) is 75.3 Å². The van der Waals surface area contributed by atoms with Gasteiger partial charge < -0.3 is 24.7 Å². The number of hydrogen-bond acceptors (Lipinski definition) is 6. The zero-order valence-corrected chi connectivity index (χ0v) is 20.6. The third-order valence-corrected chi connectivity index (χ3v) is 6.79. The van der Waals surface area contributed by atoms with Crippen molar-refractivity contribution in [3.05, 3.63) is 60.9 Å². The molecular weight excluding hydrogens is 438 g/mol. The zero-order chi connectivity index (χ0) is 24.2. The first kappa shape index (κ1) is 23.3. The van der Waals surface area contributed by atoms with Crippen molar-refractivity contribution >= 4 is 16.9 Å². The fourth-order valence-electron chi connectivity index (χ4n) is 4.64. The number of benzene rings is 2. The standard InChI is InChI=1S/C28H33N5O2/c1-33(2)15-16-35-22-12-9-20(10-13-22)26-24(19-7-5-4-6-8-19)25-27(30-18-31-28(25)32-26)29-17-21-11-14-23(21)34-3/h4-10,12-13,18,21,23H,11,14-17H2,1-3H3,(H2,29,30,31,32). The minimum absolute atomic E-state index is 0.327. The molecule has 1 fully saturated rings. The molecule has 1 aliphatic carbocycles. The summed E-state index contributed by atoms with van der Waals surface area (Å²) in [6.45, 7) is 2.37. The second-order valence-electron chi connectivity index (χ2n) is 9.36. The second kappa shape index (κ2) is 10.5. The minimum Gasteiger partial charge on any atom is -0.492 e. The van der Waals surface area contributed by atoms with Crippen molar-refractivity contribution < 1.29 is 9.47 Å². The highest BCUT2D eigenvalue weighted by Gasteiger charge is 2.31. The predicted molar refractivity (Wildman–Crippen MR) is 141 cm³/mol. The highest BCUT2D eigenvalue weighted by atomic mass is 16.5. The van der Waals surface area contributed by atoms with Crippen molar-refractivity contribution in [2.45, 2.75) is 18.9 Å². The molecule has 0 aliphatic heterocycles. The van der Waals surface area contributed by atoms with Gasteiger partial charge in [-0.2, -0.15) is 0 Å². The summed E-state index contributed by atoms with van der Waals surface area (Å²) in [5.74, 6) is 2.22. The molecule has 2 unspecified atom stereocenters. The number of nitrogens with one attached hydrogen (secondary N) is 2. The molecule has 0 amide bonds. The molecule has 0 spiro atoms. The fraction of sp³-hybridized carbons (Fsp3) is 0.357. The Balaban J connectivity index is 1.50. The summed E-state index contributed by atoms with van der Waals surface area (Å²) in [5, 5.41) is 4.60. The van der Waals surface area contributed by atoms with Gasteiger partial charge >= 0.3 is 0 Å². The highest BCUT2D eigenvalue weighted by Crippen LogP contribution is 2.41. The quantitative estimate of drug-likeness (QED) is 0.336. The van der Waals surface area contributed by atoms with Crippen LogP contribution in [0.15, 0.2) is 60.9 Å². The van der Waals surface area contributed by atoms with Gasteiger partial charge in [0.25, 0.3) is 0 Å². The van der Waals surface area contributed by atoms with Crippen molar-refractivity contribution in [2.24, 2.45) is 5.92 Å². The van der Waals surface area contributed by atoms with Gasteiger partial charge in [0, 0.05) is 31.7 Å². The monoisotopic (exact) mass is 471 g/mol. The van der Waals surface area contributed by atoms with Gasteiger partial charge in [0.2, 0.25) is 0 Å². The van der Waals surface area contributed by atoms with Crippen LogP contribution >= 0.6 is 0 Å². The predicted octanol–water partition coefficient (Wildman–Crippen LogP) is 5.07. The first-order valence-electron chi connectivity index (χ1n) is 12.2. The summed E-state index contributed by atoms with van der Waals surface area (Å²) in [6, 6.07) is 18.7. The number of fused-ring (bicyclic) bond motifs is 1. The average Bonchev–Trinajstić information content (AvgIpc) is 3.25. The molecule has 182 valence electrons. The van der Waals surface area contributed by atoms with Crippen LogP contribution < -0.4 is 10.1 Å². The third kappa shape index (κ3) is 5.01. The molecule has 7 heteroatoms. The largest absolute Gasteiger partial charge is 0.492 e. The summed E-state index contributed by atoms with van der Waals surface area (Å²) < 4.78 is 11.5. The van der Waals surface area contributed by atoms with Crippen molar-refractivity contribution in [3.8, 4) is 28.1 Å². The lowest BCUT2D eigenvalue weighted by molar-refractivity contribution is -0.0101. The number of rotatable bonds is 10. The van der Waals surface area contributed by atoms with Gasteiger partial charge in [0.05, 0.1) is 17.2 Å². The third-order valence-electron chi connectivity index (χ3n) is 6.79. The number of methoxy groups -OCH3 is 1. The summed E-state index contributed by atoms with van der Waals surface area (Å²) in [5.41, 5.74) is 5.14. The van der Waals surface area contributed by atoms with E-state index in [-0.39, 0.29) is 0 Å². The maximum atomic E-state index is 5.89. The number of anilines is 1. The molecular formula is C28H33N5O2. The van der Waals surface area contributed by atoms with E-state index < -0.39 is 0 Å². The average molecular weight is 472 g/mol. The first-order valence-corrected chi connectivity index (χ1v) is 12.2. The first-order chi connectivity index (χ1) is 17.1. The van der Waals surface area contributed by atoms with Crippen LogP contribution in [0, 0.1) is 5.92 Å². The van der Waals surface area contributed by atoms with Crippen molar-refractivity contribution in [3.63, 3.8) is 0 Å². The molecule has 0 bridgehead atoms. The number of likely N-dealkylation sites (N-methyl/N-ethyl adjacent to an activating group) is 1. The smallest absolute Gasteiger partial charge is 0.143 e. The molecule has 0 radical (unpaired) electrons. The van der Waals surface area contributed by atoms with Gasteiger partial charge in [-0.05, 0) is 62.3 Å². The van der Waals surface area contributed by atoms with Crippen LogP contribution in [0.1, 0.15) is 12.8 Å². The SMILES string of the molecule is COC1CCC1CNc1ncnc2[nH]c(-c3ccc(OCCN(C)C)cc3)c(-c3ccccc3)c12. The van der Waals surface area contributed by atoms with E-state index in [0.717, 1.165) is 64.5 Å². The van der Waals surface area contributed by atoms with Crippen molar-refractivity contribution in [2.75, 3.05) is 46.2 Å². The van der Waals surface area contributed by atoms with E-state index in [1.807, 2.05) is 32.3 Å². The Morgan fingerprint density at radius 2 is 1.80 bits per heavy atom. The summed E-state index contributed by atoms with van der Waals surface area (Å²) >= 11 is 0. The molecule has 1 saturated carbocycles. The molecule has 4 aromatic rings. The summed E-state index contributed by atoms with van der Waals surface area (Å²) in [7, 11) is 5.88. The number of ether oxygens (including phenoxy) is 2. The fourth-order valence-corrected chi connectivity index (χ4v) is 4.64. The molecule has 2 atom stereocenters. The van der Waals surface area contributed by atoms with Gasteiger partial charge in [-0.25, -0.2) is 9.97 Å². The normalized spacial score (nSPS) is 17.5. The highest BCUT2D eigenvalue weighted by molar-refractivity contribution is 6.07. The van der Waals surface area contributed by atoms with Gasteiger partial charge in [0.15, 0.2) is 0 Å². The Bertz CT molecular complexity index is 1250. The van der Waals surface area contributed by atoms with Gasteiger partial charge in [-0.3, -0.25) is 0 Å². The molecule has 2 aromatic heterocycles. The van der Waals surface area contributed by atoms with Crippen molar-refractivity contribution in [1.29, 1.82) is 0 Å². The lowest BCUT2D eigenvalue weighted by atomic mass is 9.82. The second-order valence-corrected chi connectivity index (χ2v) is 9.36. The van der Waals surface area contributed by atoms with Crippen LogP contribution in [0.25, 0.3) is 33.4 Å². The van der Waals surface area contributed by atoms with Crippen LogP contribution in [0.3, 0.4) is 0 Å². The van der Waals surface area contributed by atoms with E-state index >= 15 is 0 Å². The van der Waals surface area contributed by atoms with Crippen LogP contribution in [-0.4, -0.2) is 66.9 Å². The zero-order valence-electron chi connectivity index (χ0n) is 20.6. The van der Waals surface area contributed by atoms with E-state index in [1.165, 1.54) is 6.42 Å². The number of hydrogen-bond donors (Lipinski definition) is 2. The molecule has 2 aromatic carbocycles. The lowest BCUT2D eigenvalue weighted by Crippen LogP contribution is -2.37. The molecule has 5 rings (SSSR count). The Labute approximate surface area is 206 Å². The number of aromatic amines is 1. The molecule has 0 saturated heterocycles. The van der Waals surface area contributed by atoms with E-state index in [9.17, 15) is 0 Å². The molecule has 2 heterocycles. The van der Waals surface area contributed by atoms with Gasteiger partial charge in [0.1, 0.15) is 30.1 Å². The molecule has 7 nitrogen and oxygen atoms in total. The summed E-state index contributed by atoms with van der Waals surface area (Å²) in [4.78, 5) is 14.9. The Morgan fingerprint density at radius 3 is 2.49 bits per heavy atom. The van der Waals surface area contributed by atoms with Crippen LogP contribution in [-0.2, 0) is 4.74 Å². The Kier molecular flexibility index (Phi) is 6.97.